The van der Waals surface area contributed by atoms with Crippen molar-refractivity contribution >= 4 is 17.2 Å². The summed E-state index contributed by atoms with van der Waals surface area (Å²) < 4.78 is 0. The van der Waals surface area contributed by atoms with Crippen molar-refractivity contribution in [3.63, 3.8) is 0 Å². The fraction of sp³-hybridized carbons (Fsp3) is 0.270. The number of hydrogen-bond donors (Lipinski definition) is 2. The molecule has 7 nitrogen and oxygen atoms in total. The van der Waals surface area contributed by atoms with E-state index in [-0.39, 0.29) is 17.6 Å². The fourth-order valence-corrected chi connectivity index (χ4v) is 6.92. The lowest BCUT2D eigenvalue weighted by molar-refractivity contribution is -0.124. The van der Waals surface area contributed by atoms with E-state index >= 15 is 4.79 Å². The van der Waals surface area contributed by atoms with Crippen molar-refractivity contribution in [2.24, 2.45) is 10.3 Å². The third kappa shape index (κ3) is 6.20. The van der Waals surface area contributed by atoms with E-state index in [0.29, 0.717) is 48.7 Å². The van der Waals surface area contributed by atoms with Crippen LogP contribution in [-0.2, 0) is 4.79 Å². The van der Waals surface area contributed by atoms with Crippen LogP contribution < -0.4 is 0 Å². The quantitative estimate of drug-likeness (QED) is 0.135. The van der Waals surface area contributed by atoms with Crippen molar-refractivity contribution in [1.82, 2.24) is 9.80 Å². The topological polar surface area (TPSA) is 88.7 Å². The number of carbonyl (C=O) groups is 1. The Hall–Kier alpha value is -4.59. The predicted octanol–water partition coefficient (Wildman–Crippen LogP) is 6.03. The predicted molar refractivity (Wildman–Crippen MR) is 173 cm³/mol. The summed E-state index contributed by atoms with van der Waals surface area (Å²) in [5.74, 6) is 0.325. The normalized spacial score (nSPS) is 21.3. The molecule has 0 aromatic heterocycles. The van der Waals surface area contributed by atoms with E-state index < -0.39 is 12.1 Å². The molecule has 0 amide bonds. The van der Waals surface area contributed by atoms with Crippen LogP contribution in [0.2, 0.25) is 0 Å². The third-order valence-electron chi connectivity index (χ3n) is 9.12. The second-order valence-corrected chi connectivity index (χ2v) is 11.7. The number of Topliss-reactive ketones (excluding diaryl/α,β-unsaturated/α-hetero) is 1. The second-order valence-electron chi connectivity index (χ2n) is 11.7. The molecule has 0 aliphatic carbocycles. The lowest BCUT2D eigenvalue weighted by atomic mass is 9.89. The molecule has 4 unspecified atom stereocenters. The minimum Gasteiger partial charge on any atom is -0.411 e. The molecule has 2 aliphatic heterocycles. The molecule has 2 heterocycles. The summed E-state index contributed by atoms with van der Waals surface area (Å²) >= 11 is 0. The summed E-state index contributed by atoms with van der Waals surface area (Å²) in [5.41, 5.74) is 4.43. The number of likely N-dealkylation sites (tertiary alicyclic amines) is 2. The van der Waals surface area contributed by atoms with E-state index in [1.807, 2.05) is 97.1 Å². The molecule has 4 aromatic carbocycles. The maximum absolute atomic E-state index is 15.2. The second kappa shape index (κ2) is 13.8. The van der Waals surface area contributed by atoms with Crippen LogP contribution in [0.25, 0.3) is 0 Å². The van der Waals surface area contributed by atoms with Gasteiger partial charge in [-0.3, -0.25) is 14.6 Å². The Morgan fingerprint density at radius 1 is 0.568 bits per heavy atom. The molecule has 7 heteroatoms. The van der Waals surface area contributed by atoms with E-state index in [1.54, 1.807) is 0 Å². The van der Waals surface area contributed by atoms with E-state index in [2.05, 4.69) is 44.4 Å². The highest BCUT2D eigenvalue weighted by Crippen LogP contribution is 2.33. The summed E-state index contributed by atoms with van der Waals surface area (Å²) in [5, 5.41) is 28.6. The van der Waals surface area contributed by atoms with Crippen LogP contribution in [0.5, 0.6) is 0 Å². The molecule has 0 radical (unpaired) electrons. The molecule has 4 aromatic rings. The van der Waals surface area contributed by atoms with Gasteiger partial charge in [-0.1, -0.05) is 132 Å². The fourth-order valence-electron chi connectivity index (χ4n) is 6.92. The number of oxime groups is 2. The first-order valence-corrected chi connectivity index (χ1v) is 15.3. The van der Waals surface area contributed by atoms with Crippen LogP contribution in [0.15, 0.2) is 132 Å². The highest BCUT2D eigenvalue weighted by Gasteiger charge is 2.45. The number of carbonyl (C=O) groups excluding carboxylic acids is 1. The van der Waals surface area contributed by atoms with Gasteiger partial charge in [-0.05, 0) is 48.9 Å². The first kappa shape index (κ1) is 29.5. The molecular formula is C37H38N4O3. The van der Waals surface area contributed by atoms with Crippen molar-refractivity contribution < 1.29 is 15.2 Å². The van der Waals surface area contributed by atoms with Crippen LogP contribution in [-0.4, -0.2) is 75.7 Å². The van der Waals surface area contributed by atoms with Crippen LogP contribution in [0.1, 0.15) is 46.9 Å². The average molecular weight is 587 g/mol. The Morgan fingerprint density at radius 2 is 0.909 bits per heavy atom. The molecular weight excluding hydrogens is 548 g/mol. The smallest absolute Gasteiger partial charge is 0.179 e. The van der Waals surface area contributed by atoms with Gasteiger partial charge in [-0.2, -0.15) is 0 Å². The molecule has 4 atom stereocenters. The first-order valence-electron chi connectivity index (χ1n) is 15.3. The molecule has 0 saturated carbocycles. The average Bonchev–Trinajstić information content (AvgIpc) is 3.78. The Labute approximate surface area is 258 Å². The van der Waals surface area contributed by atoms with E-state index in [1.165, 1.54) is 11.1 Å². The minimum atomic E-state index is -0.850. The summed E-state index contributed by atoms with van der Waals surface area (Å²) in [7, 11) is 0. The molecule has 224 valence electrons. The molecule has 0 spiro atoms. The van der Waals surface area contributed by atoms with Gasteiger partial charge in [0.05, 0.1) is 0 Å². The van der Waals surface area contributed by atoms with Crippen LogP contribution in [0, 0.1) is 0 Å². The molecule has 2 aliphatic rings. The molecule has 2 saturated heterocycles. The van der Waals surface area contributed by atoms with Gasteiger partial charge in [0.2, 0.25) is 0 Å². The number of benzene rings is 4. The molecule has 0 bridgehead atoms. The summed E-state index contributed by atoms with van der Waals surface area (Å²) in [6, 6.07) is 37.8. The number of ketones is 1. The number of hydrogen-bond acceptors (Lipinski definition) is 7. The number of nitrogens with zero attached hydrogens (tertiary/aromatic N) is 4. The van der Waals surface area contributed by atoms with Crippen LogP contribution in [0.3, 0.4) is 0 Å². The highest BCUT2D eigenvalue weighted by atomic mass is 16.4. The summed E-state index contributed by atoms with van der Waals surface area (Å²) in [4.78, 5) is 19.5. The largest absolute Gasteiger partial charge is 0.411 e. The lowest BCUT2D eigenvalue weighted by Gasteiger charge is -2.34. The molecule has 2 fully saturated rings. The van der Waals surface area contributed by atoms with Crippen molar-refractivity contribution in [3.8, 4) is 0 Å². The SMILES string of the molecule is O=C(C(C(=NO)c1ccccc1)N1CCC(c2ccccc2)C1)C(C(=NO)c1ccccc1)N1CCC(c2ccccc2)C1. The first-order chi connectivity index (χ1) is 21.7. The highest BCUT2D eigenvalue weighted by molar-refractivity contribution is 6.26. The van der Waals surface area contributed by atoms with E-state index in [4.69, 9.17) is 0 Å². The Bertz CT molecular complexity index is 1460. The zero-order chi connectivity index (χ0) is 30.3. The van der Waals surface area contributed by atoms with Crippen molar-refractivity contribution in [2.75, 3.05) is 26.2 Å². The van der Waals surface area contributed by atoms with Gasteiger partial charge in [-0.15, -0.1) is 0 Å². The zero-order valence-corrected chi connectivity index (χ0v) is 24.7. The van der Waals surface area contributed by atoms with Gasteiger partial charge in [0.25, 0.3) is 0 Å². The maximum Gasteiger partial charge on any atom is 0.179 e. The Morgan fingerprint density at radius 3 is 1.25 bits per heavy atom. The molecule has 6 rings (SSSR count). The Balaban J connectivity index is 1.40. The minimum absolute atomic E-state index is 0.166. The molecule has 2 N–H and O–H groups in total. The van der Waals surface area contributed by atoms with E-state index in [9.17, 15) is 10.4 Å². The van der Waals surface area contributed by atoms with Gasteiger partial charge in [0.15, 0.2) is 5.78 Å². The summed E-state index contributed by atoms with van der Waals surface area (Å²) in [6.45, 7) is 2.61. The maximum atomic E-state index is 15.2. The van der Waals surface area contributed by atoms with Crippen LogP contribution in [0.4, 0.5) is 0 Å². The van der Waals surface area contributed by atoms with Crippen molar-refractivity contribution in [2.45, 2.75) is 36.8 Å². The monoisotopic (exact) mass is 586 g/mol. The van der Waals surface area contributed by atoms with Gasteiger partial charge >= 0.3 is 0 Å². The van der Waals surface area contributed by atoms with Gasteiger partial charge in [0.1, 0.15) is 23.5 Å². The van der Waals surface area contributed by atoms with Crippen LogP contribution >= 0.6 is 0 Å². The van der Waals surface area contributed by atoms with Crippen molar-refractivity contribution in [1.29, 1.82) is 0 Å². The van der Waals surface area contributed by atoms with Gasteiger partial charge in [0, 0.05) is 24.2 Å². The van der Waals surface area contributed by atoms with Gasteiger partial charge < -0.3 is 10.4 Å². The zero-order valence-electron chi connectivity index (χ0n) is 24.7. The van der Waals surface area contributed by atoms with E-state index in [0.717, 1.165) is 12.8 Å². The summed E-state index contributed by atoms with van der Waals surface area (Å²) in [6.07, 6.45) is 1.76. The number of rotatable bonds is 10. The lowest BCUT2D eigenvalue weighted by Crippen LogP contribution is -2.57. The standard InChI is InChI=1S/C37H38N4O3/c42-37(35(33(38-43)29-17-9-3-10-18-29)40-23-21-31(25-40)27-13-5-1-6-14-27)36(34(39-44)30-19-11-4-12-20-30)41-24-22-32(26-41)28-15-7-2-8-16-28/h1-20,31-32,35-36,43-44H,21-26H2. The van der Waals surface area contributed by atoms with Crippen molar-refractivity contribution in [3.05, 3.63) is 144 Å². The molecule has 44 heavy (non-hydrogen) atoms. The third-order valence-corrected chi connectivity index (χ3v) is 9.12. The Kier molecular flexibility index (Phi) is 9.25. The van der Waals surface area contributed by atoms with Gasteiger partial charge in [-0.25, -0.2) is 0 Å².